The van der Waals surface area contributed by atoms with Crippen LogP contribution in [0.25, 0.3) is 165 Å². The predicted octanol–water partition coefficient (Wildman–Crippen LogP) is 17.6. The molecule has 0 bridgehead atoms. The third-order valence-corrected chi connectivity index (χ3v) is 15.0. The van der Waals surface area contributed by atoms with Crippen LogP contribution in [0.5, 0.6) is 0 Å². The quantitative estimate of drug-likeness (QED) is 0.175. The number of hydrogen-bond donors (Lipinski definition) is 0. The summed E-state index contributed by atoms with van der Waals surface area (Å²) in [5.41, 5.74) is 19.4. The van der Waals surface area contributed by atoms with Crippen LogP contribution in [-0.4, -0.2) is 19.1 Å². The second-order valence-electron chi connectivity index (χ2n) is 18.9. The minimum absolute atomic E-state index is 0.819. The highest BCUT2D eigenvalue weighted by molar-refractivity contribution is 6.18. The lowest BCUT2D eigenvalue weighted by Gasteiger charge is -2.07. The fourth-order valence-corrected chi connectivity index (χ4v) is 11.7. The second-order valence-corrected chi connectivity index (χ2v) is 18.9. The molecule has 8 aromatic heterocycles. The van der Waals surface area contributed by atoms with Crippen LogP contribution >= 0.6 is 0 Å². The molecule has 8 heterocycles. The molecule has 0 aliphatic rings. The van der Waals surface area contributed by atoms with Crippen LogP contribution < -0.4 is 0 Å². The first-order valence-corrected chi connectivity index (χ1v) is 24.1. The van der Waals surface area contributed by atoms with E-state index in [4.69, 9.17) is 27.6 Å². The summed E-state index contributed by atoms with van der Waals surface area (Å²) >= 11 is 0. The molecule has 334 valence electrons. The minimum atomic E-state index is 0.819. The van der Waals surface area contributed by atoms with Gasteiger partial charge in [-0.2, -0.15) is 0 Å². The van der Waals surface area contributed by atoms with Crippen molar-refractivity contribution in [2.75, 3.05) is 0 Å². The first kappa shape index (κ1) is 38.0. The zero-order chi connectivity index (χ0) is 46.8. The molecule has 0 saturated heterocycles. The van der Waals surface area contributed by atoms with Gasteiger partial charge in [0.25, 0.3) is 0 Å². The monoisotopic (exact) mass is 922 g/mol. The van der Waals surface area contributed by atoms with Crippen LogP contribution in [0.2, 0.25) is 0 Å². The number of aromatic nitrogens is 4. The first-order valence-electron chi connectivity index (χ1n) is 24.1. The van der Waals surface area contributed by atoms with Crippen molar-refractivity contribution in [2.24, 2.45) is 0 Å². The standard InChI is InChI=1S/C64H34N4O4/c1-3-12-51-41(10-1)63-53(14-6-24-65-63)67(51)39-18-22-57-45(29-39)49-33-59-47(31-61(49)71-57)43-27-37(16-20-55(43)69-59)35-8-5-9-36(26-35)38-17-21-56-44(28-38)48-32-62-50(34-60(48)70-56)46-30-40(19-23-58(46)72-62)68-52-13-4-2-11-42(52)64-54(68)15-7-25-66-64/h1-34H. The highest BCUT2D eigenvalue weighted by Gasteiger charge is 2.20. The van der Waals surface area contributed by atoms with Gasteiger partial charge < -0.3 is 26.8 Å². The number of fused-ring (bicyclic) bond motifs is 18. The van der Waals surface area contributed by atoms with Gasteiger partial charge in [0.1, 0.15) is 44.7 Å². The number of para-hydroxylation sites is 2. The van der Waals surface area contributed by atoms with E-state index in [-0.39, 0.29) is 0 Å². The van der Waals surface area contributed by atoms with E-state index in [1.54, 1.807) is 0 Å². The van der Waals surface area contributed by atoms with Crippen molar-refractivity contribution < 1.29 is 17.7 Å². The predicted molar refractivity (Wildman–Crippen MR) is 291 cm³/mol. The Bertz CT molecular complexity index is 4760. The summed E-state index contributed by atoms with van der Waals surface area (Å²) in [6.07, 6.45) is 3.71. The Balaban J connectivity index is 0.728. The molecule has 0 aliphatic heterocycles. The van der Waals surface area contributed by atoms with Crippen molar-refractivity contribution in [1.82, 2.24) is 19.1 Å². The van der Waals surface area contributed by atoms with E-state index < -0.39 is 0 Å². The zero-order valence-electron chi connectivity index (χ0n) is 38.1. The summed E-state index contributed by atoms with van der Waals surface area (Å²) < 4.78 is 30.8. The fraction of sp³-hybridized carbons (Fsp3) is 0. The van der Waals surface area contributed by atoms with Gasteiger partial charge in [-0.25, -0.2) is 0 Å². The molecule has 8 heteroatoms. The van der Waals surface area contributed by atoms with Gasteiger partial charge in [-0.15, -0.1) is 0 Å². The zero-order valence-corrected chi connectivity index (χ0v) is 38.1. The Hall–Kier alpha value is -9.92. The van der Waals surface area contributed by atoms with Gasteiger partial charge in [-0.1, -0.05) is 66.7 Å². The summed E-state index contributed by atoms with van der Waals surface area (Å²) in [5.74, 6) is 0. The van der Waals surface area contributed by atoms with Gasteiger partial charge in [0, 0.05) is 77.6 Å². The Morgan fingerprint density at radius 3 is 1.06 bits per heavy atom. The molecule has 0 radical (unpaired) electrons. The number of pyridine rings is 2. The van der Waals surface area contributed by atoms with E-state index in [0.29, 0.717) is 0 Å². The molecule has 0 atom stereocenters. The van der Waals surface area contributed by atoms with Crippen LogP contribution in [0.1, 0.15) is 0 Å². The maximum atomic E-state index is 6.57. The number of hydrogen-bond acceptors (Lipinski definition) is 6. The molecular weight excluding hydrogens is 889 g/mol. The van der Waals surface area contributed by atoms with E-state index in [9.17, 15) is 0 Å². The third-order valence-electron chi connectivity index (χ3n) is 15.0. The molecule has 0 unspecified atom stereocenters. The minimum Gasteiger partial charge on any atom is -0.456 e. The Kier molecular flexibility index (Phi) is 7.32. The molecule has 0 aliphatic carbocycles. The van der Waals surface area contributed by atoms with Crippen molar-refractivity contribution in [3.8, 4) is 33.6 Å². The highest BCUT2D eigenvalue weighted by Crippen LogP contribution is 2.43. The first-order chi connectivity index (χ1) is 35.6. The van der Waals surface area contributed by atoms with Crippen LogP contribution in [0.4, 0.5) is 0 Å². The van der Waals surface area contributed by atoms with Crippen molar-refractivity contribution in [1.29, 1.82) is 0 Å². The van der Waals surface area contributed by atoms with Crippen LogP contribution in [0.3, 0.4) is 0 Å². The molecule has 0 amide bonds. The maximum Gasteiger partial charge on any atom is 0.136 e. The molecular formula is C64H34N4O4. The SMILES string of the molecule is c1cc(-c2ccc3oc4cc5c(cc4c3c2)oc2ccc(-n3c4ccccc4c4ncccc43)cc25)cc(-c2ccc3oc4cc5c(cc4c3c2)oc2ccc(-n3c4ccccc4c4ncccc43)cc25)c1. The van der Waals surface area contributed by atoms with E-state index in [1.807, 2.05) is 24.5 Å². The third kappa shape index (κ3) is 5.24. The van der Waals surface area contributed by atoms with Crippen molar-refractivity contribution in [3.05, 3.63) is 207 Å². The molecule has 72 heavy (non-hydrogen) atoms. The van der Waals surface area contributed by atoms with Gasteiger partial charge >= 0.3 is 0 Å². The average Bonchev–Trinajstić information content (AvgIpc) is 4.28. The van der Waals surface area contributed by atoms with Gasteiger partial charge in [-0.3, -0.25) is 9.97 Å². The van der Waals surface area contributed by atoms with E-state index in [0.717, 1.165) is 165 Å². The topological polar surface area (TPSA) is 88.2 Å². The highest BCUT2D eigenvalue weighted by atomic mass is 16.3. The van der Waals surface area contributed by atoms with Gasteiger partial charge in [-0.05, 0) is 150 Å². The lowest BCUT2D eigenvalue weighted by molar-refractivity contribution is 0.664. The molecule has 0 N–H and O–H groups in total. The van der Waals surface area contributed by atoms with Gasteiger partial charge in [0.2, 0.25) is 0 Å². The van der Waals surface area contributed by atoms with Crippen LogP contribution in [-0.2, 0) is 0 Å². The summed E-state index contributed by atoms with van der Waals surface area (Å²) in [4.78, 5) is 9.49. The Morgan fingerprint density at radius 1 is 0.250 bits per heavy atom. The molecule has 0 spiro atoms. The number of furan rings is 4. The second kappa shape index (κ2) is 13.9. The summed E-state index contributed by atoms with van der Waals surface area (Å²) in [6.45, 7) is 0. The summed E-state index contributed by atoms with van der Waals surface area (Å²) in [7, 11) is 0. The Labute approximate surface area is 406 Å². The number of nitrogens with zero attached hydrogens (tertiary/aromatic N) is 4. The van der Waals surface area contributed by atoms with Gasteiger partial charge in [0.15, 0.2) is 0 Å². The fourth-order valence-electron chi connectivity index (χ4n) is 11.7. The van der Waals surface area contributed by atoms with Crippen molar-refractivity contribution in [3.63, 3.8) is 0 Å². The largest absolute Gasteiger partial charge is 0.456 e. The molecule has 17 aromatic rings. The molecule has 17 rings (SSSR count). The molecule has 9 aromatic carbocycles. The summed E-state index contributed by atoms with van der Waals surface area (Å²) in [5, 5.41) is 10.4. The normalized spacial score (nSPS) is 12.4. The van der Waals surface area contributed by atoms with Crippen molar-refractivity contribution >= 4 is 132 Å². The van der Waals surface area contributed by atoms with E-state index in [1.165, 1.54) is 0 Å². The smallest absolute Gasteiger partial charge is 0.136 e. The number of rotatable bonds is 4. The molecule has 8 nitrogen and oxygen atoms in total. The number of benzene rings is 9. The maximum absolute atomic E-state index is 6.57. The Morgan fingerprint density at radius 2 is 0.611 bits per heavy atom. The van der Waals surface area contributed by atoms with E-state index >= 15 is 0 Å². The van der Waals surface area contributed by atoms with Crippen LogP contribution in [0.15, 0.2) is 224 Å². The molecule has 0 saturated carbocycles. The van der Waals surface area contributed by atoms with Gasteiger partial charge in [0.05, 0.1) is 33.1 Å². The lowest BCUT2D eigenvalue weighted by atomic mass is 9.97. The average molecular weight is 923 g/mol. The van der Waals surface area contributed by atoms with Crippen molar-refractivity contribution in [2.45, 2.75) is 0 Å². The summed E-state index contributed by atoms with van der Waals surface area (Å²) in [6, 6.07) is 68.1. The van der Waals surface area contributed by atoms with E-state index in [2.05, 4.69) is 191 Å². The van der Waals surface area contributed by atoms with Crippen LogP contribution in [0, 0.1) is 0 Å². The lowest BCUT2D eigenvalue weighted by Crippen LogP contribution is -1.93. The molecule has 0 fully saturated rings.